The molecular formula is C21H23FN2O2. The fourth-order valence-corrected chi connectivity index (χ4v) is 3.90. The predicted molar refractivity (Wildman–Crippen MR) is 96.0 cm³/mol. The fourth-order valence-electron chi connectivity index (χ4n) is 3.90. The molecule has 1 saturated carbocycles. The van der Waals surface area contributed by atoms with Gasteiger partial charge in [0.25, 0.3) is 0 Å². The highest BCUT2D eigenvalue weighted by molar-refractivity contribution is 5.91. The number of carbonyl (C=O) groups excluding carboxylic acids is 1. The lowest BCUT2D eigenvalue weighted by molar-refractivity contribution is -0.125. The molecule has 0 bridgehead atoms. The van der Waals surface area contributed by atoms with Crippen LogP contribution in [0.25, 0.3) is 0 Å². The van der Waals surface area contributed by atoms with Crippen LogP contribution < -0.4 is 5.32 Å². The van der Waals surface area contributed by atoms with Gasteiger partial charge in [0.2, 0.25) is 5.91 Å². The maximum absolute atomic E-state index is 13.3. The Morgan fingerprint density at radius 2 is 1.92 bits per heavy atom. The highest BCUT2D eigenvalue weighted by atomic mass is 19.1. The van der Waals surface area contributed by atoms with Crippen LogP contribution in [0.4, 0.5) is 4.39 Å². The second kappa shape index (κ2) is 7.16. The van der Waals surface area contributed by atoms with E-state index in [1.165, 1.54) is 12.1 Å². The number of pyridine rings is 1. The van der Waals surface area contributed by atoms with Crippen molar-refractivity contribution in [2.24, 2.45) is 5.92 Å². The molecule has 2 heterocycles. The van der Waals surface area contributed by atoms with Crippen LogP contribution in [0.1, 0.15) is 42.9 Å². The molecule has 1 aromatic heterocycles. The van der Waals surface area contributed by atoms with Gasteiger partial charge in [0.1, 0.15) is 5.82 Å². The molecule has 1 N–H and O–H groups in total. The Bertz CT molecular complexity index is 753. The van der Waals surface area contributed by atoms with E-state index in [-0.39, 0.29) is 17.8 Å². The molecule has 0 spiro atoms. The van der Waals surface area contributed by atoms with Crippen LogP contribution in [0.15, 0.2) is 48.8 Å². The van der Waals surface area contributed by atoms with Crippen molar-refractivity contribution in [2.45, 2.75) is 37.1 Å². The Labute approximate surface area is 152 Å². The molecule has 2 fully saturated rings. The first-order chi connectivity index (χ1) is 12.7. The molecule has 1 atom stereocenters. The average Bonchev–Trinajstić information content (AvgIpc) is 3.50. The molecular weight excluding hydrogens is 331 g/mol. The number of carbonyl (C=O) groups is 1. The number of aromatic nitrogens is 1. The van der Waals surface area contributed by atoms with E-state index >= 15 is 0 Å². The first-order valence-corrected chi connectivity index (χ1v) is 9.24. The minimum Gasteiger partial charge on any atom is -0.381 e. The third kappa shape index (κ3) is 3.36. The number of halogens is 1. The smallest absolute Gasteiger partial charge is 0.231 e. The van der Waals surface area contributed by atoms with Crippen molar-refractivity contribution in [3.8, 4) is 0 Å². The molecule has 4 rings (SSSR count). The SMILES string of the molecule is O=C(N[C@H](c1cccnc1)C1CCOCC1)C1(c2ccc(F)cc2)CC1. The molecule has 0 radical (unpaired) electrons. The van der Waals surface area contributed by atoms with E-state index in [0.717, 1.165) is 50.0 Å². The summed E-state index contributed by atoms with van der Waals surface area (Å²) in [5.41, 5.74) is 1.41. The number of ether oxygens (including phenoxy) is 1. The van der Waals surface area contributed by atoms with Gasteiger partial charge in [0, 0.05) is 25.6 Å². The maximum Gasteiger partial charge on any atom is 0.231 e. The van der Waals surface area contributed by atoms with Crippen LogP contribution in [0.2, 0.25) is 0 Å². The first kappa shape index (κ1) is 17.2. The summed E-state index contributed by atoms with van der Waals surface area (Å²) in [5.74, 6) is 0.0887. The number of nitrogens with zero attached hydrogens (tertiary/aromatic N) is 1. The maximum atomic E-state index is 13.3. The number of rotatable bonds is 5. The van der Waals surface area contributed by atoms with Gasteiger partial charge >= 0.3 is 0 Å². The number of nitrogens with one attached hydrogen (secondary N) is 1. The highest BCUT2D eigenvalue weighted by Gasteiger charge is 2.52. The van der Waals surface area contributed by atoms with Crippen LogP contribution in [0.3, 0.4) is 0 Å². The lowest BCUT2D eigenvalue weighted by atomic mass is 9.86. The van der Waals surface area contributed by atoms with E-state index in [1.54, 1.807) is 18.3 Å². The number of benzene rings is 1. The molecule has 26 heavy (non-hydrogen) atoms. The van der Waals surface area contributed by atoms with Crippen LogP contribution in [0.5, 0.6) is 0 Å². The fraction of sp³-hybridized carbons (Fsp3) is 0.429. The lowest BCUT2D eigenvalue weighted by Crippen LogP contribution is -2.41. The monoisotopic (exact) mass is 354 g/mol. The van der Waals surface area contributed by atoms with Gasteiger partial charge in [-0.2, -0.15) is 0 Å². The summed E-state index contributed by atoms with van der Waals surface area (Å²) in [6.45, 7) is 1.45. The molecule has 4 nitrogen and oxygen atoms in total. The van der Waals surface area contributed by atoms with Gasteiger partial charge in [-0.25, -0.2) is 4.39 Å². The first-order valence-electron chi connectivity index (χ1n) is 9.24. The van der Waals surface area contributed by atoms with E-state index in [0.29, 0.717) is 5.92 Å². The zero-order valence-electron chi connectivity index (χ0n) is 14.7. The van der Waals surface area contributed by atoms with Gasteiger partial charge in [0.05, 0.1) is 11.5 Å². The summed E-state index contributed by atoms with van der Waals surface area (Å²) >= 11 is 0. The quantitative estimate of drug-likeness (QED) is 0.894. The Balaban J connectivity index is 1.57. The molecule has 1 saturated heterocycles. The van der Waals surface area contributed by atoms with Crippen molar-refractivity contribution in [1.82, 2.24) is 10.3 Å². The van der Waals surface area contributed by atoms with Crippen molar-refractivity contribution in [2.75, 3.05) is 13.2 Å². The largest absolute Gasteiger partial charge is 0.381 e. The average molecular weight is 354 g/mol. The second-order valence-corrected chi connectivity index (χ2v) is 7.28. The lowest BCUT2D eigenvalue weighted by Gasteiger charge is -2.32. The molecule has 0 unspecified atom stereocenters. The predicted octanol–water partition coefficient (Wildman–Crippen LogP) is 3.54. The van der Waals surface area contributed by atoms with Crippen molar-refractivity contribution >= 4 is 5.91 Å². The Morgan fingerprint density at radius 1 is 1.19 bits per heavy atom. The summed E-state index contributed by atoms with van der Waals surface area (Å²) in [6, 6.07) is 10.2. The van der Waals surface area contributed by atoms with Gasteiger partial charge in [-0.15, -0.1) is 0 Å². The molecule has 1 aliphatic carbocycles. The van der Waals surface area contributed by atoms with Crippen molar-refractivity contribution in [1.29, 1.82) is 0 Å². The summed E-state index contributed by atoms with van der Waals surface area (Å²) in [5, 5.41) is 3.29. The van der Waals surface area contributed by atoms with Gasteiger partial charge in [-0.1, -0.05) is 18.2 Å². The number of amides is 1. The zero-order chi connectivity index (χ0) is 18.0. The third-order valence-electron chi connectivity index (χ3n) is 5.65. The van der Waals surface area contributed by atoms with Crippen LogP contribution >= 0.6 is 0 Å². The van der Waals surface area contributed by atoms with Gasteiger partial charge < -0.3 is 10.1 Å². The van der Waals surface area contributed by atoms with E-state index in [9.17, 15) is 9.18 Å². The van der Waals surface area contributed by atoms with Crippen molar-refractivity contribution in [3.05, 3.63) is 65.7 Å². The minimum atomic E-state index is -0.515. The zero-order valence-corrected chi connectivity index (χ0v) is 14.7. The topological polar surface area (TPSA) is 51.2 Å². The van der Waals surface area contributed by atoms with Crippen molar-refractivity contribution < 1.29 is 13.9 Å². The summed E-state index contributed by atoms with van der Waals surface area (Å²) in [4.78, 5) is 17.4. The standard InChI is InChI=1S/C21H23FN2O2/c22-18-5-3-17(4-6-18)21(9-10-21)20(25)24-19(15-7-12-26-13-8-15)16-2-1-11-23-14-16/h1-6,11,14-15,19H,7-10,12-13H2,(H,24,25)/t19-/m0/s1. The summed E-state index contributed by atoms with van der Waals surface area (Å²) in [6.07, 6.45) is 7.02. The second-order valence-electron chi connectivity index (χ2n) is 7.28. The number of hydrogen-bond donors (Lipinski definition) is 1. The van der Waals surface area contributed by atoms with Crippen LogP contribution in [-0.4, -0.2) is 24.1 Å². The minimum absolute atomic E-state index is 0.0319. The Hall–Kier alpha value is -2.27. The molecule has 136 valence electrons. The van der Waals surface area contributed by atoms with E-state index in [1.807, 2.05) is 18.3 Å². The van der Waals surface area contributed by atoms with Gasteiger partial charge in [0.15, 0.2) is 0 Å². The Kier molecular flexibility index (Phi) is 4.72. The molecule has 1 aromatic carbocycles. The molecule has 1 amide bonds. The van der Waals surface area contributed by atoms with Gasteiger partial charge in [-0.05, 0) is 60.9 Å². The van der Waals surface area contributed by atoms with Crippen LogP contribution in [-0.2, 0) is 14.9 Å². The van der Waals surface area contributed by atoms with Gasteiger partial charge in [-0.3, -0.25) is 9.78 Å². The molecule has 2 aliphatic rings. The highest BCUT2D eigenvalue weighted by Crippen LogP contribution is 2.49. The molecule has 1 aliphatic heterocycles. The van der Waals surface area contributed by atoms with Crippen molar-refractivity contribution in [3.63, 3.8) is 0 Å². The normalized spacial score (nSPS) is 20.3. The summed E-state index contributed by atoms with van der Waals surface area (Å²) in [7, 11) is 0. The van der Waals surface area contributed by atoms with Crippen LogP contribution in [0, 0.1) is 11.7 Å². The Morgan fingerprint density at radius 3 is 2.54 bits per heavy atom. The van der Waals surface area contributed by atoms with E-state index in [2.05, 4.69) is 10.3 Å². The summed E-state index contributed by atoms with van der Waals surface area (Å²) < 4.78 is 18.7. The molecule has 5 heteroatoms. The van der Waals surface area contributed by atoms with E-state index < -0.39 is 5.41 Å². The third-order valence-corrected chi connectivity index (χ3v) is 5.65. The molecule has 2 aromatic rings. The van der Waals surface area contributed by atoms with E-state index in [4.69, 9.17) is 4.74 Å². The number of hydrogen-bond acceptors (Lipinski definition) is 3.